The zero-order valence-electron chi connectivity index (χ0n) is 11.9. The van der Waals surface area contributed by atoms with E-state index in [0.717, 1.165) is 16.5 Å². The number of aromatic nitrogens is 1. The molecule has 0 atom stereocenters. The van der Waals surface area contributed by atoms with Gasteiger partial charge in [0, 0.05) is 23.2 Å². The lowest BCUT2D eigenvalue weighted by Gasteiger charge is -2.07. The number of halogens is 1. The molecule has 2 aromatic heterocycles. The minimum atomic E-state index is -3.41. The number of amides is 1. The molecule has 23 heavy (non-hydrogen) atoms. The van der Waals surface area contributed by atoms with Gasteiger partial charge in [0.25, 0.3) is 5.91 Å². The van der Waals surface area contributed by atoms with Gasteiger partial charge in [-0.15, -0.1) is 11.3 Å². The summed E-state index contributed by atoms with van der Waals surface area (Å²) in [7, 11) is -3.41. The molecule has 1 N–H and O–H groups in total. The van der Waals surface area contributed by atoms with Crippen molar-refractivity contribution in [2.24, 2.45) is 0 Å². The van der Waals surface area contributed by atoms with Crippen LogP contribution in [0, 0.1) is 0 Å². The summed E-state index contributed by atoms with van der Waals surface area (Å²) in [5, 5.41) is 2.90. The molecule has 8 heteroatoms. The molecule has 0 aliphatic carbocycles. The quantitative estimate of drug-likeness (QED) is 0.768. The Bertz CT molecular complexity index is 979. The smallest absolute Gasteiger partial charge is 0.265 e. The van der Waals surface area contributed by atoms with Gasteiger partial charge in [0.15, 0.2) is 9.84 Å². The van der Waals surface area contributed by atoms with Gasteiger partial charge < -0.3 is 5.32 Å². The summed E-state index contributed by atoms with van der Waals surface area (Å²) in [6.07, 6.45) is 2.74. The van der Waals surface area contributed by atoms with E-state index in [0.29, 0.717) is 10.6 Å². The molecule has 0 saturated carbocycles. The number of carbonyl (C=O) groups excluding carboxylic acids is 1. The van der Waals surface area contributed by atoms with Crippen LogP contribution in [0.5, 0.6) is 0 Å². The van der Waals surface area contributed by atoms with Crippen LogP contribution in [0.3, 0.4) is 0 Å². The topological polar surface area (TPSA) is 76.1 Å². The van der Waals surface area contributed by atoms with Gasteiger partial charge >= 0.3 is 0 Å². The number of anilines is 1. The minimum Gasteiger partial charge on any atom is -0.321 e. The normalized spacial score (nSPS) is 11.6. The Kier molecular flexibility index (Phi) is 4.09. The van der Waals surface area contributed by atoms with E-state index < -0.39 is 9.84 Å². The molecule has 0 unspecified atom stereocenters. The van der Waals surface area contributed by atoms with Gasteiger partial charge in [-0.2, -0.15) is 0 Å². The highest BCUT2D eigenvalue weighted by Gasteiger charge is 2.14. The van der Waals surface area contributed by atoms with Crippen LogP contribution in [-0.4, -0.2) is 25.6 Å². The summed E-state index contributed by atoms with van der Waals surface area (Å²) in [5.74, 6) is -0.338. The number of hydrogen-bond donors (Lipinski definition) is 1. The third kappa shape index (κ3) is 3.52. The summed E-state index contributed by atoms with van der Waals surface area (Å²) in [6, 6.07) is 9.60. The van der Waals surface area contributed by atoms with Crippen LogP contribution < -0.4 is 5.32 Å². The fourth-order valence-electron chi connectivity index (χ4n) is 2.02. The van der Waals surface area contributed by atoms with E-state index in [1.54, 1.807) is 18.3 Å². The minimum absolute atomic E-state index is 0.0540. The van der Waals surface area contributed by atoms with E-state index >= 15 is 0 Å². The molecular formula is C15H11ClN2O3S2. The first-order valence-electron chi connectivity index (χ1n) is 6.49. The van der Waals surface area contributed by atoms with Gasteiger partial charge in [0.1, 0.15) is 0 Å². The Hall–Kier alpha value is -1.96. The van der Waals surface area contributed by atoms with Crippen LogP contribution in [0.4, 0.5) is 5.69 Å². The molecular weight excluding hydrogens is 356 g/mol. The summed E-state index contributed by atoms with van der Waals surface area (Å²) >= 11 is 7.24. The lowest BCUT2D eigenvalue weighted by molar-refractivity contribution is 0.103. The molecule has 0 spiro atoms. The largest absolute Gasteiger partial charge is 0.321 e. The first kappa shape index (κ1) is 15.9. The van der Waals surface area contributed by atoms with E-state index in [1.807, 2.05) is 6.07 Å². The Balaban J connectivity index is 1.92. The number of pyridine rings is 1. The molecule has 0 radical (unpaired) electrons. The highest BCUT2D eigenvalue weighted by atomic mass is 35.5. The van der Waals surface area contributed by atoms with Gasteiger partial charge in [-0.25, -0.2) is 8.42 Å². The third-order valence-corrected chi connectivity index (χ3v) is 5.47. The zero-order valence-corrected chi connectivity index (χ0v) is 14.3. The predicted octanol–water partition coefficient (Wildman–Crippen LogP) is 3.61. The molecule has 5 nitrogen and oxygen atoms in total. The summed E-state index contributed by atoms with van der Waals surface area (Å²) in [4.78, 5) is 17.1. The second-order valence-electron chi connectivity index (χ2n) is 4.90. The Morgan fingerprint density at radius 3 is 2.74 bits per heavy atom. The third-order valence-electron chi connectivity index (χ3n) is 3.07. The highest BCUT2D eigenvalue weighted by Crippen LogP contribution is 2.26. The van der Waals surface area contributed by atoms with E-state index in [9.17, 15) is 13.2 Å². The molecule has 2 heterocycles. The number of thiophene rings is 1. The van der Waals surface area contributed by atoms with Crippen LogP contribution in [0.25, 0.3) is 10.2 Å². The number of benzene rings is 1. The van der Waals surface area contributed by atoms with E-state index in [4.69, 9.17) is 11.6 Å². The number of hydrogen-bond acceptors (Lipinski definition) is 5. The van der Waals surface area contributed by atoms with Crippen molar-refractivity contribution in [1.29, 1.82) is 0 Å². The maximum Gasteiger partial charge on any atom is 0.265 e. The lowest BCUT2D eigenvalue weighted by atomic mass is 10.3. The Morgan fingerprint density at radius 1 is 1.26 bits per heavy atom. The summed E-state index contributed by atoms with van der Waals surface area (Å²) in [6.45, 7) is 0. The first-order valence-corrected chi connectivity index (χ1v) is 9.58. The second-order valence-corrected chi connectivity index (χ2v) is 8.44. The van der Waals surface area contributed by atoms with Crippen molar-refractivity contribution < 1.29 is 13.2 Å². The van der Waals surface area contributed by atoms with E-state index in [-0.39, 0.29) is 15.8 Å². The standard InChI is InChI=1S/C15H11ClN2O3S2/c1-23(20,21)11-6-9(16)5-10(7-11)18-15(19)14-8-12-13(22-14)3-2-4-17-12/h2-8H,1H3,(H,18,19). The van der Waals surface area contributed by atoms with Crippen LogP contribution in [-0.2, 0) is 9.84 Å². The van der Waals surface area contributed by atoms with Crippen molar-refractivity contribution >= 4 is 54.6 Å². The first-order chi connectivity index (χ1) is 10.8. The Morgan fingerprint density at radius 2 is 2.04 bits per heavy atom. The average Bonchev–Trinajstić information content (AvgIpc) is 2.89. The van der Waals surface area contributed by atoms with Crippen molar-refractivity contribution in [3.63, 3.8) is 0 Å². The molecule has 3 rings (SSSR count). The molecule has 1 amide bonds. The van der Waals surface area contributed by atoms with E-state index in [1.165, 1.54) is 29.5 Å². The van der Waals surface area contributed by atoms with E-state index in [2.05, 4.69) is 10.3 Å². The maximum atomic E-state index is 12.3. The number of fused-ring (bicyclic) bond motifs is 1. The van der Waals surface area contributed by atoms with Crippen molar-refractivity contribution in [3.8, 4) is 0 Å². The van der Waals surface area contributed by atoms with Crippen LogP contribution in [0.1, 0.15) is 9.67 Å². The second kappa shape index (κ2) is 5.92. The number of nitrogens with one attached hydrogen (secondary N) is 1. The van der Waals surface area contributed by atoms with Crippen molar-refractivity contribution in [3.05, 3.63) is 52.5 Å². The van der Waals surface area contributed by atoms with Crippen molar-refractivity contribution in [2.75, 3.05) is 11.6 Å². The average molecular weight is 367 g/mol. The maximum absolute atomic E-state index is 12.3. The fourth-order valence-corrected chi connectivity index (χ4v) is 3.92. The van der Waals surface area contributed by atoms with Gasteiger partial charge in [-0.1, -0.05) is 11.6 Å². The van der Waals surface area contributed by atoms with Crippen LogP contribution >= 0.6 is 22.9 Å². The molecule has 0 saturated heterocycles. The number of sulfone groups is 1. The van der Waals surface area contributed by atoms with Gasteiger partial charge in [0.2, 0.25) is 0 Å². The lowest BCUT2D eigenvalue weighted by Crippen LogP contribution is -2.10. The molecule has 0 aliphatic heterocycles. The molecule has 0 aliphatic rings. The van der Waals surface area contributed by atoms with Gasteiger partial charge in [-0.3, -0.25) is 9.78 Å². The predicted molar refractivity (Wildman–Crippen MR) is 92.1 cm³/mol. The Labute approximate surface area is 141 Å². The van der Waals surface area contributed by atoms with Crippen LogP contribution in [0.2, 0.25) is 5.02 Å². The molecule has 0 fully saturated rings. The zero-order chi connectivity index (χ0) is 16.6. The van der Waals surface area contributed by atoms with Crippen molar-refractivity contribution in [2.45, 2.75) is 4.90 Å². The monoisotopic (exact) mass is 366 g/mol. The number of rotatable bonds is 3. The molecule has 0 bridgehead atoms. The molecule has 118 valence electrons. The number of carbonyl (C=O) groups is 1. The summed E-state index contributed by atoms with van der Waals surface area (Å²) in [5.41, 5.74) is 1.07. The number of nitrogens with zero attached hydrogens (tertiary/aromatic N) is 1. The fraction of sp³-hybridized carbons (Fsp3) is 0.0667. The molecule has 3 aromatic rings. The van der Waals surface area contributed by atoms with Crippen molar-refractivity contribution in [1.82, 2.24) is 4.98 Å². The van der Waals surface area contributed by atoms with Gasteiger partial charge in [-0.05, 0) is 36.4 Å². The highest BCUT2D eigenvalue weighted by molar-refractivity contribution is 7.90. The molecule has 1 aromatic carbocycles. The van der Waals surface area contributed by atoms with Crippen LogP contribution in [0.15, 0.2) is 47.5 Å². The van der Waals surface area contributed by atoms with Gasteiger partial charge in [0.05, 0.1) is 20.0 Å². The summed E-state index contributed by atoms with van der Waals surface area (Å²) < 4.78 is 24.2. The SMILES string of the molecule is CS(=O)(=O)c1cc(Cl)cc(NC(=O)c2cc3ncccc3s2)c1.